The van der Waals surface area contributed by atoms with E-state index in [0.717, 1.165) is 62.5 Å². The molecule has 0 amide bonds. The third-order valence-corrected chi connectivity index (χ3v) is 7.25. The third-order valence-electron chi connectivity index (χ3n) is 7.25. The highest BCUT2D eigenvalue weighted by atomic mass is 19.2. The summed E-state index contributed by atoms with van der Waals surface area (Å²) in [6.07, 6.45) is 8.35. The van der Waals surface area contributed by atoms with Gasteiger partial charge in [-0.3, -0.25) is 0 Å². The van der Waals surface area contributed by atoms with Gasteiger partial charge in [-0.25, -0.2) is 8.78 Å². The number of halogens is 3. The van der Waals surface area contributed by atoms with Gasteiger partial charge in [-0.15, -0.1) is 0 Å². The summed E-state index contributed by atoms with van der Waals surface area (Å²) in [7, 11) is 0. The second-order valence-corrected chi connectivity index (χ2v) is 9.98. The van der Waals surface area contributed by atoms with Crippen LogP contribution in [0.25, 0.3) is 22.3 Å². The molecule has 1 saturated heterocycles. The molecule has 198 valence electrons. The van der Waals surface area contributed by atoms with Crippen molar-refractivity contribution < 1.29 is 22.6 Å². The van der Waals surface area contributed by atoms with Gasteiger partial charge in [0.1, 0.15) is 5.82 Å². The molecule has 0 aliphatic carbocycles. The lowest BCUT2D eigenvalue weighted by Crippen LogP contribution is -2.25. The van der Waals surface area contributed by atoms with E-state index in [9.17, 15) is 8.78 Å². The highest BCUT2D eigenvalue weighted by Crippen LogP contribution is 2.35. The Hall–Kier alpha value is -2.79. The fourth-order valence-corrected chi connectivity index (χ4v) is 5.06. The van der Waals surface area contributed by atoms with Crippen molar-refractivity contribution in [3.05, 3.63) is 77.6 Å². The molecule has 1 aliphatic heterocycles. The van der Waals surface area contributed by atoms with E-state index in [1.165, 1.54) is 6.07 Å². The number of hydrogen-bond donors (Lipinski definition) is 0. The Morgan fingerprint density at radius 2 is 1.54 bits per heavy atom. The summed E-state index contributed by atoms with van der Waals surface area (Å²) in [4.78, 5) is 0. The first-order chi connectivity index (χ1) is 18.0. The zero-order valence-electron chi connectivity index (χ0n) is 21.9. The second-order valence-electron chi connectivity index (χ2n) is 9.98. The van der Waals surface area contributed by atoms with Gasteiger partial charge in [-0.1, -0.05) is 75.9 Å². The smallest absolute Gasteiger partial charge is 0.201 e. The van der Waals surface area contributed by atoms with Crippen LogP contribution in [0, 0.1) is 17.5 Å². The lowest BCUT2D eigenvalue weighted by molar-refractivity contribution is -0.00172. The molecule has 0 radical (unpaired) electrons. The van der Waals surface area contributed by atoms with E-state index in [2.05, 4.69) is 13.8 Å². The zero-order chi connectivity index (χ0) is 26.2. The van der Waals surface area contributed by atoms with Crippen molar-refractivity contribution >= 4 is 0 Å². The van der Waals surface area contributed by atoms with Gasteiger partial charge in [0.25, 0.3) is 0 Å². The summed E-state index contributed by atoms with van der Waals surface area (Å²) < 4.78 is 55.9. The van der Waals surface area contributed by atoms with Crippen LogP contribution in [-0.2, 0) is 4.74 Å². The predicted molar refractivity (Wildman–Crippen MR) is 143 cm³/mol. The van der Waals surface area contributed by atoms with Crippen LogP contribution >= 0.6 is 0 Å². The van der Waals surface area contributed by atoms with Gasteiger partial charge < -0.3 is 9.47 Å². The Morgan fingerprint density at radius 1 is 0.784 bits per heavy atom. The highest BCUT2D eigenvalue weighted by Gasteiger charge is 2.24. The predicted octanol–water partition coefficient (Wildman–Crippen LogP) is 9.46. The topological polar surface area (TPSA) is 18.5 Å². The van der Waals surface area contributed by atoms with Crippen molar-refractivity contribution in [1.29, 1.82) is 0 Å². The molecule has 1 fully saturated rings. The molecule has 5 heteroatoms. The molecule has 4 rings (SSSR count). The Labute approximate surface area is 218 Å². The van der Waals surface area contributed by atoms with E-state index in [0.29, 0.717) is 30.4 Å². The largest absolute Gasteiger partial charge is 0.490 e. The van der Waals surface area contributed by atoms with E-state index >= 15 is 4.39 Å². The van der Waals surface area contributed by atoms with Crippen molar-refractivity contribution in [2.45, 2.75) is 77.2 Å². The number of ether oxygens (including phenoxy) is 2. The summed E-state index contributed by atoms with van der Waals surface area (Å²) in [6.45, 7) is 5.19. The molecule has 0 saturated carbocycles. The number of rotatable bonds is 11. The first-order valence-electron chi connectivity index (χ1n) is 13.6. The fraction of sp³-hybridized carbons (Fsp3) is 0.438. The lowest BCUT2D eigenvalue weighted by Gasteiger charge is -2.29. The highest BCUT2D eigenvalue weighted by molar-refractivity contribution is 5.71. The Bertz CT molecular complexity index is 1150. The van der Waals surface area contributed by atoms with Crippen LogP contribution in [0.4, 0.5) is 13.2 Å². The third kappa shape index (κ3) is 6.75. The maximum atomic E-state index is 15.0. The normalized spacial score (nSPS) is 17.6. The molecular weight excluding hydrogens is 473 g/mol. The van der Waals surface area contributed by atoms with Gasteiger partial charge in [0.05, 0.1) is 19.3 Å². The summed E-state index contributed by atoms with van der Waals surface area (Å²) in [5, 5.41) is 0. The zero-order valence-corrected chi connectivity index (χ0v) is 21.9. The van der Waals surface area contributed by atoms with E-state index < -0.39 is 11.6 Å². The molecule has 0 spiro atoms. The molecule has 2 unspecified atom stereocenters. The van der Waals surface area contributed by atoms with Crippen LogP contribution < -0.4 is 4.74 Å². The summed E-state index contributed by atoms with van der Waals surface area (Å²) in [6, 6.07) is 15.4. The molecule has 37 heavy (non-hydrogen) atoms. The van der Waals surface area contributed by atoms with Crippen LogP contribution in [-0.4, -0.2) is 19.3 Å². The standard InChI is InChI=1S/C32H37F3O2/c1-3-5-6-7-19-36-30-18-17-28(31(34)32(30)35)23-11-9-22(10-12-23)24-14-16-27(29(33)20-24)25-13-15-26(8-4-2)37-21-25/h9-12,14,16-18,20,25-26H,3-8,13,15,19,21H2,1-2H3. The van der Waals surface area contributed by atoms with Gasteiger partial charge in [0.2, 0.25) is 5.82 Å². The molecule has 3 aromatic rings. The molecule has 2 nitrogen and oxygen atoms in total. The van der Waals surface area contributed by atoms with E-state index in [-0.39, 0.29) is 23.0 Å². The van der Waals surface area contributed by atoms with Gasteiger partial charge in [-0.05, 0) is 66.1 Å². The van der Waals surface area contributed by atoms with Crippen molar-refractivity contribution in [3.8, 4) is 28.0 Å². The van der Waals surface area contributed by atoms with Crippen LogP contribution in [0.2, 0.25) is 0 Å². The monoisotopic (exact) mass is 510 g/mol. The van der Waals surface area contributed by atoms with Crippen LogP contribution in [0.3, 0.4) is 0 Å². The van der Waals surface area contributed by atoms with Gasteiger partial charge in [0.15, 0.2) is 11.6 Å². The minimum Gasteiger partial charge on any atom is -0.490 e. The fourth-order valence-electron chi connectivity index (χ4n) is 5.06. The molecule has 3 aromatic carbocycles. The molecular formula is C32H37F3O2. The maximum Gasteiger partial charge on any atom is 0.201 e. The molecule has 0 aromatic heterocycles. The average molecular weight is 511 g/mol. The first kappa shape index (κ1) is 27.3. The van der Waals surface area contributed by atoms with Crippen LogP contribution in [0.5, 0.6) is 5.75 Å². The summed E-state index contributed by atoms with van der Waals surface area (Å²) in [5.41, 5.74) is 2.97. The molecule has 0 N–H and O–H groups in total. The van der Waals surface area contributed by atoms with Gasteiger partial charge in [-0.2, -0.15) is 4.39 Å². The molecule has 1 heterocycles. The first-order valence-corrected chi connectivity index (χ1v) is 13.6. The van der Waals surface area contributed by atoms with E-state index in [1.54, 1.807) is 36.4 Å². The van der Waals surface area contributed by atoms with Crippen molar-refractivity contribution in [3.63, 3.8) is 0 Å². The minimum atomic E-state index is -0.970. The Balaban J connectivity index is 1.43. The van der Waals surface area contributed by atoms with Gasteiger partial charge in [0, 0.05) is 11.5 Å². The lowest BCUT2D eigenvalue weighted by atomic mass is 9.89. The van der Waals surface area contributed by atoms with Crippen molar-refractivity contribution in [2.75, 3.05) is 13.2 Å². The summed E-state index contributed by atoms with van der Waals surface area (Å²) in [5.74, 6) is -2.12. The SMILES string of the molecule is CCCCCCOc1ccc(-c2ccc(-c3ccc(C4CCC(CCC)OC4)c(F)c3)cc2)c(F)c1F. The average Bonchev–Trinajstić information content (AvgIpc) is 2.92. The van der Waals surface area contributed by atoms with Crippen molar-refractivity contribution in [1.82, 2.24) is 0 Å². The Morgan fingerprint density at radius 3 is 2.22 bits per heavy atom. The quantitative estimate of drug-likeness (QED) is 0.239. The van der Waals surface area contributed by atoms with E-state index in [4.69, 9.17) is 9.47 Å². The van der Waals surface area contributed by atoms with E-state index in [1.807, 2.05) is 12.1 Å². The maximum absolute atomic E-state index is 15.0. The van der Waals surface area contributed by atoms with Crippen LogP contribution in [0.1, 0.15) is 76.7 Å². The van der Waals surface area contributed by atoms with Crippen LogP contribution in [0.15, 0.2) is 54.6 Å². The second kappa shape index (κ2) is 13.1. The minimum absolute atomic E-state index is 0.0609. The molecule has 2 atom stereocenters. The number of benzene rings is 3. The number of unbranched alkanes of at least 4 members (excludes halogenated alkanes) is 3. The van der Waals surface area contributed by atoms with Crippen molar-refractivity contribution in [2.24, 2.45) is 0 Å². The Kier molecular flexibility index (Phi) is 9.68. The van der Waals surface area contributed by atoms with Gasteiger partial charge >= 0.3 is 0 Å². The number of hydrogen-bond acceptors (Lipinski definition) is 2. The summed E-state index contributed by atoms with van der Waals surface area (Å²) >= 11 is 0. The molecule has 0 bridgehead atoms. The molecule has 1 aliphatic rings.